The van der Waals surface area contributed by atoms with Crippen LogP contribution in [0, 0.1) is 22.7 Å². The molecule has 0 saturated heterocycles. The van der Waals surface area contributed by atoms with Crippen molar-refractivity contribution in [3.8, 4) is 11.1 Å². The number of benzene rings is 2. The third-order valence-corrected chi connectivity index (χ3v) is 10.9. The van der Waals surface area contributed by atoms with Gasteiger partial charge in [0.2, 0.25) is 0 Å². The molecule has 0 bridgehead atoms. The summed E-state index contributed by atoms with van der Waals surface area (Å²) in [5, 5.41) is 0. The molecule has 0 spiro atoms. The first-order valence-corrected chi connectivity index (χ1v) is 15.4. The molecule has 38 heavy (non-hydrogen) atoms. The van der Waals surface area contributed by atoms with Crippen LogP contribution in [0.2, 0.25) is 0 Å². The van der Waals surface area contributed by atoms with Gasteiger partial charge in [-0.2, -0.15) is 0 Å². The second kappa shape index (κ2) is 8.22. The lowest BCUT2D eigenvalue weighted by Gasteiger charge is -2.45. The van der Waals surface area contributed by atoms with Crippen molar-refractivity contribution >= 4 is 0 Å². The highest BCUT2D eigenvalue weighted by molar-refractivity contribution is 5.81. The van der Waals surface area contributed by atoms with E-state index in [1.807, 2.05) is 5.57 Å². The maximum absolute atomic E-state index is 2.70. The van der Waals surface area contributed by atoms with Crippen molar-refractivity contribution in [3.05, 3.63) is 81.4 Å². The van der Waals surface area contributed by atoms with Gasteiger partial charge in [-0.3, -0.25) is 0 Å². The normalized spacial score (nSPS) is 27.3. The zero-order valence-electron chi connectivity index (χ0n) is 25.8. The fourth-order valence-electron chi connectivity index (χ4n) is 8.61. The van der Waals surface area contributed by atoms with Crippen LogP contribution >= 0.6 is 0 Å². The van der Waals surface area contributed by atoms with E-state index in [0.29, 0.717) is 5.92 Å². The first-order valence-electron chi connectivity index (χ1n) is 15.4. The number of hydrogen-bond donors (Lipinski definition) is 0. The van der Waals surface area contributed by atoms with E-state index >= 15 is 0 Å². The van der Waals surface area contributed by atoms with Crippen molar-refractivity contribution in [2.45, 2.75) is 118 Å². The summed E-state index contributed by atoms with van der Waals surface area (Å²) in [4.78, 5) is 0. The van der Waals surface area contributed by atoms with Crippen LogP contribution in [0.3, 0.4) is 0 Å². The molecule has 0 aromatic heterocycles. The minimum atomic E-state index is 0.139. The van der Waals surface area contributed by atoms with Crippen molar-refractivity contribution in [2.75, 3.05) is 0 Å². The van der Waals surface area contributed by atoms with Crippen molar-refractivity contribution in [3.63, 3.8) is 0 Å². The zero-order valence-corrected chi connectivity index (χ0v) is 25.8. The van der Waals surface area contributed by atoms with Crippen LogP contribution in [0.4, 0.5) is 0 Å². The van der Waals surface area contributed by atoms with E-state index in [0.717, 1.165) is 11.8 Å². The summed E-state index contributed by atoms with van der Waals surface area (Å²) in [5.41, 5.74) is 15.0. The molecule has 0 N–H and O–H groups in total. The standard InChI is InChI=1S/C38H50/c1-35(2,3)23-15-17-26-27-18-16-24(36(4,5)6)20-31(27)34(30(26)19-23)38(10)32-14-12-11-13-28(32)29-21-25(22-33(29)38)37(7,8)9/h15-20,22,28,32,34H,11-14,21H2,1-10H3. The van der Waals surface area contributed by atoms with Gasteiger partial charge in [-0.1, -0.05) is 136 Å². The van der Waals surface area contributed by atoms with Gasteiger partial charge in [0.15, 0.2) is 0 Å². The van der Waals surface area contributed by atoms with Gasteiger partial charge in [0.1, 0.15) is 0 Å². The molecular formula is C38H50. The smallest absolute Gasteiger partial charge is 0.0199 e. The van der Waals surface area contributed by atoms with Crippen molar-refractivity contribution < 1.29 is 0 Å². The highest BCUT2D eigenvalue weighted by Gasteiger charge is 2.58. The highest BCUT2D eigenvalue weighted by Crippen LogP contribution is 2.69. The Labute approximate surface area is 233 Å². The molecule has 3 atom stereocenters. The summed E-state index contributed by atoms with van der Waals surface area (Å²) in [5.74, 6) is 1.94. The van der Waals surface area contributed by atoms with Gasteiger partial charge in [-0.25, -0.2) is 0 Å². The quantitative estimate of drug-likeness (QED) is 0.361. The van der Waals surface area contributed by atoms with Crippen molar-refractivity contribution in [1.82, 2.24) is 0 Å². The summed E-state index contributed by atoms with van der Waals surface area (Å²) in [6.07, 6.45) is 9.48. The summed E-state index contributed by atoms with van der Waals surface area (Å²) < 4.78 is 0. The van der Waals surface area contributed by atoms with E-state index in [9.17, 15) is 0 Å². The molecule has 202 valence electrons. The first kappa shape index (κ1) is 26.2. The molecule has 0 nitrogen and oxygen atoms in total. The molecule has 4 aliphatic rings. The van der Waals surface area contributed by atoms with E-state index < -0.39 is 0 Å². The highest BCUT2D eigenvalue weighted by atomic mass is 14.6. The summed E-state index contributed by atoms with van der Waals surface area (Å²) in [6, 6.07) is 15.0. The molecule has 2 aromatic carbocycles. The molecule has 0 heteroatoms. The number of fused-ring (bicyclic) bond motifs is 5. The van der Waals surface area contributed by atoms with Gasteiger partial charge in [0.25, 0.3) is 0 Å². The largest absolute Gasteiger partial charge is 0.0605 e. The van der Waals surface area contributed by atoms with Crippen LogP contribution in [0.15, 0.2) is 59.2 Å². The molecule has 1 fully saturated rings. The second-order valence-corrected chi connectivity index (χ2v) is 16.4. The van der Waals surface area contributed by atoms with E-state index in [4.69, 9.17) is 0 Å². The molecule has 2 aromatic rings. The zero-order chi connectivity index (χ0) is 27.4. The molecule has 0 radical (unpaired) electrons. The predicted molar refractivity (Wildman–Crippen MR) is 164 cm³/mol. The maximum atomic E-state index is 2.70. The molecule has 4 aliphatic carbocycles. The summed E-state index contributed by atoms with van der Waals surface area (Å²) in [6.45, 7) is 24.2. The van der Waals surface area contributed by atoms with Gasteiger partial charge in [0.05, 0.1) is 0 Å². The number of hydrogen-bond acceptors (Lipinski definition) is 0. The van der Waals surface area contributed by atoms with Crippen LogP contribution in [0.25, 0.3) is 11.1 Å². The Bertz CT molecular complexity index is 1290. The predicted octanol–water partition coefficient (Wildman–Crippen LogP) is 10.9. The van der Waals surface area contributed by atoms with Crippen molar-refractivity contribution in [2.24, 2.45) is 22.7 Å². The van der Waals surface area contributed by atoms with Crippen LogP contribution in [0.5, 0.6) is 0 Å². The van der Waals surface area contributed by atoms with Gasteiger partial charge in [-0.15, -0.1) is 0 Å². The minimum Gasteiger partial charge on any atom is -0.0605 e. The minimum absolute atomic E-state index is 0.139. The van der Waals surface area contributed by atoms with Crippen molar-refractivity contribution in [1.29, 1.82) is 0 Å². The molecular weight excluding hydrogens is 456 g/mol. The van der Waals surface area contributed by atoms with E-state index in [2.05, 4.69) is 112 Å². The molecule has 0 amide bonds. The summed E-state index contributed by atoms with van der Waals surface area (Å²) >= 11 is 0. The van der Waals surface area contributed by atoms with Crippen LogP contribution < -0.4 is 0 Å². The van der Waals surface area contributed by atoms with E-state index in [1.54, 1.807) is 22.3 Å². The maximum Gasteiger partial charge on any atom is 0.0199 e. The van der Waals surface area contributed by atoms with Crippen LogP contribution in [-0.4, -0.2) is 0 Å². The van der Waals surface area contributed by atoms with E-state index in [-0.39, 0.29) is 21.7 Å². The Kier molecular flexibility index (Phi) is 5.66. The average molecular weight is 507 g/mol. The van der Waals surface area contributed by atoms with Gasteiger partial charge in [0, 0.05) is 11.3 Å². The Balaban J connectivity index is 1.62. The lowest BCUT2D eigenvalue weighted by atomic mass is 9.58. The first-order chi connectivity index (χ1) is 17.6. The lowest BCUT2D eigenvalue weighted by Crippen LogP contribution is -2.36. The SMILES string of the molecule is CC(C)(C)C1=CC2=C(C1)C1CCCCC1C2(C)C1c2cc(C(C)(C)C)ccc2-c2ccc(C(C)(C)C)cc21. The number of rotatable bonds is 1. The monoisotopic (exact) mass is 506 g/mol. The average Bonchev–Trinajstić information content (AvgIpc) is 3.48. The van der Waals surface area contributed by atoms with E-state index in [1.165, 1.54) is 54.4 Å². The fourth-order valence-corrected chi connectivity index (χ4v) is 8.61. The van der Waals surface area contributed by atoms with Crippen LogP contribution in [-0.2, 0) is 10.8 Å². The Hall–Kier alpha value is -2.08. The van der Waals surface area contributed by atoms with Gasteiger partial charge >= 0.3 is 0 Å². The third-order valence-electron chi connectivity index (χ3n) is 10.9. The van der Waals surface area contributed by atoms with Gasteiger partial charge in [-0.05, 0) is 86.3 Å². The molecule has 3 unspecified atom stereocenters. The number of allylic oxidation sites excluding steroid dienone is 4. The summed E-state index contributed by atoms with van der Waals surface area (Å²) in [7, 11) is 0. The molecule has 1 saturated carbocycles. The Morgan fingerprint density at radius 1 is 0.684 bits per heavy atom. The Morgan fingerprint density at radius 2 is 1.21 bits per heavy atom. The Morgan fingerprint density at radius 3 is 1.71 bits per heavy atom. The van der Waals surface area contributed by atoms with Gasteiger partial charge < -0.3 is 0 Å². The third kappa shape index (κ3) is 3.76. The topological polar surface area (TPSA) is 0 Å². The molecule has 0 aliphatic heterocycles. The molecule has 6 rings (SSSR count). The molecule has 0 heterocycles. The fraction of sp³-hybridized carbons (Fsp3) is 0.579. The second-order valence-electron chi connectivity index (χ2n) is 16.4. The van der Waals surface area contributed by atoms with Crippen LogP contribution in [0.1, 0.15) is 130 Å². The lowest BCUT2D eigenvalue weighted by molar-refractivity contribution is 0.141.